The van der Waals surface area contributed by atoms with Gasteiger partial charge in [-0.3, -0.25) is 0 Å². The molecule has 0 unspecified atom stereocenters. The van der Waals surface area contributed by atoms with E-state index in [-0.39, 0.29) is 0 Å². The van der Waals surface area contributed by atoms with Gasteiger partial charge in [0.1, 0.15) is 0 Å². The van der Waals surface area contributed by atoms with E-state index < -0.39 is 0 Å². The van der Waals surface area contributed by atoms with E-state index >= 15 is 0 Å². The lowest BCUT2D eigenvalue weighted by atomic mass is 9.97. The Labute approximate surface area is 200 Å². The number of hydrogen-bond donors (Lipinski definition) is 2. The molecule has 0 aliphatic heterocycles. The standard InChI is InChI=1S/C30H22S2/c31-29-17-13-27(14-18-29)25-9-5-23(6-10-25)21-1-2-22(4-3-21)24-7-11-26(12-8-24)28-15-19-30(32)20-16-28/h1-20,31-32H. The minimum absolute atomic E-state index is 0.979. The van der Waals surface area contributed by atoms with Gasteiger partial charge in [0.2, 0.25) is 0 Å². The monoisotopic (exact) mass is 446 g/mol. The second-order valence-electron chi connectivity index (χ2n) is 7.83. The average Bonchev–Trinajstić information content (AvgIpc) is 2.85. The summed E-state index contributed by atoms with van der Waals surface area (Å²) in [5.41, 5.74) is 9.70. The van der Waals surface area contributed by atoms with Crippen molar-refractivity contribution in [1.82, 2.24) is 0 Å². The third-order valence-electron chi connectivity index (χ3n) is 5.72. The number of rotatable bonds is 4. The smallest absolute Gasteiger partial charge is 0.00404 e. The molecule has 0 nitrogen and oxygen atoms in total. The van der Waals surface area contributed by atoms with Crippen LogP contribution >= 0.6 is 25.3 Å². The second-order valence-corrected chi connectivity index (χ2v) is 8.86. The summed E-state index contributed by atoms with van der Waals surface area (Å²) in [7, 11) is 0. The molecule has 0 saturated heterocycles. The minimum atomic E-state index is 0.979. The Hall–Kier alpha value is -3.20. The molecule has 0 N–H and O–H groups in total. The normalized spacial score (nSPS) is 10.8. The molecule has 0 amide bonds. The van der Waals surface area contributed by atoms with Crippen molar-refractivity contribution in [3.63, 3.8) is 0 Å². The van der Waals surface area contributed by atoms with Crippen molar-refractivity contribution in [3.8, 4) is 44.5 Å². The molecule has 0 saturated carbocycles. The fourth-order valence-corrected chi connectivity index (χ4v) is 4.17. The van der Waals surface area contributed by atoms with E-state index in [0.717, 1.165) is 9.79 Å². The van der Waals surface area contributed by atoms with E-state index in [1.54, 1.807) is 0 Å². The van der Waals surface area contributed by atoms with Crippen LogP contribution in [0.3, 0.4) is 0 Å². The predicted molar refractivity (Wildman–Crippen MR) is 143 cm³/mol. The van der Waals surface area contributed by atoms with Crippen molar-refractivity contribution in [3.05, 3.63) is 121 Å². The summed E-state index contributed by atoms with van der Waals surface area (Å²) < 4.78 is 0. The van der Waals surface area contributed by atoms with Crippen LogP contribution in [0.25, 0.3) is 44.5 Å². The minimum Gasteiger partial charge on any atom is -0.143 e. The summed E-state index contributed by atoms with van der Waals surface area (Å²) in [5.74, 6) is 0. The van der Waals surface area contributed by atoms with Gasteiger partial charge in [-0.2, -0.15) is 0 Å². The van der Waals surface area contributed by atoms with Crippen molar-refractivity contribution in [2.75, 3.05) is 0 Å². The van der Waals surface area contributed by atoms with E-state index in [9.17, 15) is 0 Å². The van der Waals surface area contributed by atoms with Gasteiger partial charge in [-0.1, -0.05) is 97.1 Å². The molecule has 0 spiro atoms. The van der Waals surface area contributed by atoms with Gasteiger partial charge in [0, 0.05) is 9.79 Å². The first-order valence-electron chi connectivity index (χ1n) is 10.6. The summed E-state index contributed by atoms with van der Waals surface area (Å²) in [5, 5.41) is 0. The van der Waals surface area contributed by atoms with Crippen LogP contribution in [-0.4, -0.2) is 0 Å². The maximum Gasteiger partial charge on any atom is 0.00404 e. The average molecular weight is 447 g/mol. The lowest BCUT2D eigenvalue weighted by molar-refractivity contribution is 1.47. The van der Waals surface area contributed by atoms with Gasteiger partial charge in [-0.15, -0.1) is 25.3 Å². The quantitative estimate of drug-likeness (QED) is 0.253. The van der Waals surface area contributed by atoms with Crippen LogP contribution in [0, 0.1) is 0 Å². The van der Waals surface area contributed by atoms with Crippen molar-refractivity contribution in [2.45, 2.75) is 9.79 Å². The Morgan fingerprint density at radius 2 is 0.344 bits per heavy atom. The molecule has 0 atom stereocenters. The highest BCUT2D eigenvalue weighted by Crippen LogP contribution is 2.29. The molecule has 5 rings (SSSR count). The van der Waals surface area contributed by atoms with E-state index in [0.29, 0.717) is 0 Å². The predicted octanol–water partition coefficient (Wildman–Crippen LogP) is 8.93. The summed E-state index contributed by atoms with van der Waals surface area (Å²) in [6.07, 6.45) is 0. The molecular weight excluding hydrogens is 424 g/mol. The number of hydrogen-bond acceptors (Lipinski definition) is 2. The zero-order valence-corrected chi connectivity index (χ0v) is 19.2. The molecule has 0 aromatic heterocycles. The lowest BCUT2D eigenvalue weighted by Crippen LogP contribution is -1.83. The highest BCUT2D eigenvalue weighted by atomic mass is 32.1. The van der Waals surface area contributed by atoms with Gasteiger partial charge in [-0.05, 0) is 68.8 Å². The highest BCUT2D eigenvalue weighted by molar-refractivity contribution is 7.80. The summed E-state index contributed by atoms with van der Waals surface area (Å²) in [4.78, 5) is 1.96. The van der Waals surface area contributed by atoms with Crippen LogP contribution < -0.4 is 0 Å². The van der Waals surface area contributed by atoms with Crippen molar-refractivity contribution in [2.24, 2.45) is 0 Å². The fourth-order valence-electron chi connectivity index (χ4n) is 3.87. The molecule has 0 radical (unpaired) electrons. The Balaban J connectivity index is 1.33. The van der Waals surface area contributed by atoms with Gasteiger partial charge in [0.05, 0.1) is 0 Å². The van der Waals surface area contributed by atoms with Crippen LogP contribution in [0.15, 0.2) is 131 Å². The molecule has 154 valence electrons. The van der Waals surface area contributed by atoms with Crippen LogP contribution in [-0.2, 0) is 0 Å². The van der Waals surface area contributed by atoms with Gasteiger partial charge >= 0.3 is 0 Å². The third kappa shape index (κ3) is 4.52. The van der Waals surface area contributed by atoms with E-state index in [2.05, 4.69) is 122 Å². The molecule has 0 aliphatic carbocycles. The van der Waals surface area contributed by atoms with Gasteiger partial charge < -0.3 is 0 Å². The molecule has 0 bridgehead atoms. The molecule has 0 heterocycles. The molecular formula is C30H22S2. The summed E-state index contributed by atoms with van der Waals surface area (Å²) in [6.45, 7) is 0. The van der Waals surface area contributed by atoms with Gasteiger partial charge in [0.15, 0.2) is 0 Å². The topological polar surface area (TPSA) is 0 Å². The number of thiol groups is 2. The Kier molecular flexibility index (Phi) is 5.89. The molecule has 0 fully saturated rings. The van der Waals surface area contributed by atoms with Crippen LogP contribution in [0.2, 0.25) is 0 Å². The first kappa shape index (κ1) is 20.7. The molecule has 0 aliphatic rings. The molecule has 5 aromatic carbocycles. The largest absolute Gasteiger partial charge is 0.143 e. The Morgan fingerprint density at radius 3 is 0.500 bits per heavy atom. The summed E-state index contributed by atoms with van der Waals surface area (Å²) in [6, 6.07) is 42.7. The maximum atomic E-state index is 4.37. The van der Waals surface area contributed by atoms with Gasteiger partial charge in [-0.25, -0.2) is 0 Å². The molecule has 2 heteroatoms. The zero-order valence-electron chi connectivity index (χ0n) is 17.4. The SMILES string of the molecule is Sc1ccc(-c2ccc(-c3ccc(-c4ccc(-c5ccc(S)cc5)cc4)cc3)cc2)cc1. The van der Waals surface area contributed by atoms with E-state index in [1.807, 2.05) is 24.3 Å². The van der Waals surface area contributed by atoms with Crippen LogP contribution in [0.5, 0.6) is 0 Å². The fraction of sp³-hybridized carbons (Fsp3) is 0. The second kappa shape index (κ2) is 9.12. The van der Waals surface area contributed by atoms with E-state index in [1.165, 1.54) is 44.5 Å². The van der Waals surface area contributed by atoms with Crippen LogP contribution in [0.4, 0.5) is 0 Å². The van der Waals surface area contributed by atoms with Crippen molar-refractivity contribution < 1.29 is 0 Å². The lowest BCUT2D eigenvalue weighted by Gasteiger charge is -2.08. The number of benzene rings is 5. The highest BCUT2D eigenvalue weighted by Gasteiger charge is 2.04. The van der Waals surface area contributed by atoms with Crippen molar-refractivity contribution >= 4 is 25.3 Å². The van der Waals surface area contributed by atoms with Gasteiger partial charge in [0.25, 0.3) is 0 Å². The Morgan fingerprint density at radius 1 is 0.219 bits per heavy atom. The summed E-state index contributed by atoms with van der Waals surface area (Å²) >= 11 is 8.73. The van der Waals surface area contributed by atoms with E-state index in [4.69, 9.17) is 0 Å². The van der Waals surface area contributed by atoms with Crippen LogP contribution in [0.1, 0.15) is 0 Å². The first-order valence-corrected chi connectivity index (χ1v) is 11.4. The zero-order chi connectivity index (χ0) is 21.9. The first-order chi connectivity index (χ1) is 15.7. The van der Waals surface area contributed by atoms with Crippen molar-refractivity contribution in [1.29, 1.82) is 0 Å². The maximum absolute atomic E-state index is 4.37. The molecule has 32 heavy (non-hydrogen) atoms. The third-order valence-corrected chi connectivity index (χ3v) is 6.32. The Bertz CT molecular complexity index is 1210. The molecule has 5 aromatic rings.